The molecule has 0 aliphatic heterocycles. The third-order valence-electron chi connectivity index (χ3n) is 1.45. The van der Waals surface area contributed by atoms with Gasteiger partial charge in [0.2, 0.25) is 0 Å². The molecule has 1 unspecified atom stereocenters. The molecule has 0 radical (unpaired) electrons. The van der Waals surface area contributed by atoms with Crippen LogP contribution in [0.2, 0.25) is 0 Å². The van der Waals surface area contributed by atoms with Crippen molar-refractivity contribution in [3.63, 3.8) is 0 Å². The van der Waals surface area contributed by atoms with Crippen molar-refractivity contribution in [1.29, 1.82) is 0 Å². The van der Waals surface area contributed by atoms with E-state index in [-0.39, 0.29) is 35.7 Å². The predicted molar refractivity (Wildman–Crippen MR) is 49.0 cm³/mol. The molecule has 0 N–H and O–H groups in total. The molecule has 0 fully saturated rings. The Morgan fingerprint density at radius 1 is 1.43 bits per heavy atom. The average Bonchev–Trinajstić information content (AvgIpc) is 2.04. The summed E-state index contributed by atoms with van der Waals surface area (Å²) in [5.41, 5.74) is 0.711. The van der Waals surface area contributed by atoms with Crippen molar-refractivity contribution in [2.45, 2.75) is 6.16 Å². The molecule has 0 aliphatic rings. The maximum absolute atomic E-state index is 11.1. The second kappa shape index (κ2) is 6.44. The van der Waals surface area contributed by atoms with Gasteiger partial charge in [-0.3, -0.25) is 4.57 Å². The Bertz CT molecular complexity index is 326. The van der Waals surface area contributed by atoms with E-state index in [0.717, 1.165) is 6.26 Å². The fourth-order valence-corrected chi connectivity index (χ4v) is 1.92. The van der Waals surface area contributed by atoms with E-state index in [0.29, 0.717) is 5.56 Å². The van der Waals surface area contributed by atoms with Crippen LogP contribution in [0.1, 0.15) is 5.56 Å². The van der Waals surface area contributed by atoms with Gasteiger partial charge in [0.1, 0.15) is 0 Å². The first-order valence-electron chi connectivity index (χ1n) is 3.77. The fourth-order valence-electron chi connectivity index (χ4n) is 0.958. The van der Waals surface area contributed by atoms with Crippen LogP contribution in [0.15, 0.2) is 43.2 Å². The van der Waals surface area contributed by atoms with E-state index in [4.69, 9.17) is 0 Å². The van der Waals surface area contributed by atoms with Crippen LogP contribution in [0.3, 0.4) is 0 Å². The Kier molecular flexibility index (Phi) is 6.41. The summed E-state index contributed by atoms with van der Waals surface area (Å²) in [5.74, 6) is 0. The minimum absolute atomic E-state index is 0. The quantitative estimate of drug-likeness (QED) is 0.368. The minimum Gasteiger partial charge on any atom is -0.769 e. The number of hydrogen-bond acceptors (Lipinski definition) is 3. The summed E-state index contributed by atoms with van der Waals surface area (Å²) in [6.07, 6.45) is 0.830. The molecule has 70 valence electrons. The van der Waals surface area contributed by atoms with Gasteiger partial charge in [0.05, 0.1) is 6.26 Å². The maximum Gasteiger partial charge on any atom is 1.00 e. The Labute approximate surface area is 106 Å². The van der Waals surface area contributed by atoms with Crippen LogP contribution in [-0.4, -0.2) is 0 Å². The van der Waals surface area contributed by atoms with E-state index in [2.05, 4.69) is 11.1 Å². The van der Waals surface area contributed by atoms with Crippen molar-refractivity contribution >= 4 is 7.60 Å². The van der Waals surface area contributed by atoms with Crippen LogP contribution in [0.4, 0.5) is 0 Å². The van der Waals surface area contributed by atoms with Crippen LogP contribution >= 0.6 is 7.60 Å². The van der Waals surface area contributed by atoms with Crippen molar-refractivity contribution in [3.8, 4) is 0 Å². The summed E-state index contributed by atoms with van der Waals surface area (Å²) < 4.78 is 15.5. The van der Waals surface area contributed by atoms with E-state index in [1.54, 1.807) is 24.3 Å². The SMILES string of the molecule is C=COP(=O)([O-])Cc1ccccc1.[Na+]. The summed E-state index contributed by atoms with van der Waals surface area (Å²) >= 11 is 0. The third kappa shape index (κ3) is 4.99. The number of hydrogen-bond donors (Lipinski definition) is 0. The first-order valence-corrected chi connectivity index (χ1v) is 5.50. The van der Waals surface area contributed by atoms with Crippen LogP contribution in [0.25, 0.3) is 0 Å². The van der Waals surface area contributed by atoms with Crippen molar-refractivity contribution in [3.05, 3.63) is 48.7 Å². The zero-order valence-corrected chi connectivity index (χ0v) is 10.9. The standard InChI is InChI=1S/C9H11O3P.Na/c1-2-12-13(10,11)8-9-6-4-3-5-7-9;/h2-7H,1,8H2,(H,10,11);/q;+1/p-1. The molecule has 3 nitrogen and oxygen atoms in total. The monoisotopic (exact) mass is 220 g/mol. The summed E-state index contributed by atoms with van der Waals surface area (Å²) in [7, 11) is -3.78. The summed E-state index contributed by atoms with van der Waals surface area (Å²) in [6, 6.07) is 8.86. The molecule has 1 rings (SSSR count). The zero-order valence-electron chi connectivity index (χ0n) is 8.05. The van der Waals surface area contributed by atoms with E-state index in [1.165, 1.54) is 0 Å². The topological polar surface area (TPSA) is 49.4 Å². The molecule has 14 heavy (non-hydrogen) atoms. The van der Waals surface area contributed by atoms with Crippen LogP contribution in [-0.2, 0) is 15.3 Å². The van der Waals surface area contributed by atoms with Gasteiger partial charge in [-0.15, -0.1) is 0 Å². The van der Waals surface area contributed by atoms with Crippen molar-refractivity contribution in [2.24, 2.45) is 0 Å². The molecular formula is C9H10NaO3P. The van der Waals surface area contributed by atoms with E-state index < -0.39 is 7.60 Å². The molecule has 0 aromatic heterocycles. The molecule has 1 aromatic rings. The molecule has 0 heterocycles. The summed E-state index contributed by atoms with van der Waals surface area (Å²) in [5, 5.41) is 0. The minimum atomic E-state index is -3.78. The maximum atomic E-state index is 11.1. The fraction of sp³-hybridized carbons (Fsp3) is 0.111. The smallest absolute Gasteiger partial charge is 0.769 e. The second-order valence-corrected chi connectivity index (χ2v) is 4.28. The van der Waals surface area contributed by atoms with Crippen LogP contribution in [0.5, 0.6) is 0 Å². The van der Waals surface area contributed by atoms with Gasteiger partial charge in [-0.25, -0.2) is 0 Å². The van der Waals surface area contributed by atoms with E-state index >= 15 is 0 Å². The molecular weight excluding hydrogens is 210 g/mol. The van der Waals surface area contributed by atoms with E-state index in [1.807, 2.05) is 6.07 Å². The summed E-state index contributed by atoms with van der Waals surface area (Å²) in [4.78, 5) is 11.1. The van der Waals surface area contributed by atoms with Gasteiger partial charge in [-0.2, -0.15) is 0 Å². The van der Waals surface area contributed by atoms with Crippen LogP contribution in [0, 0.1) is 0 Å². The van der Waals surface area contributed by atoms with Gasteiger partial charge in [0.15, 0.2) is 7.60 Å². The molecule has 0 amide bonds. The van der Waals surface area contributed by atoms with Crippen molar-refractivity contribution in [2.75, 3.05) is 0 Å². The van der Waals surface area contributed by atoms with Gasteiger partial charge in [-0.1, -0.05) is 36.9 Å². The Hall–Kier alpha value is -0.0500. The molecule has 1 aromatic carbocycles. The predicted octanol–water partition coefficient (Wildman–Crippen LogP) is -1.10. The molecule has 5 heteroatoms. The van der Waals surface area contributed by atoms with Crippen LogP contribution < -0.4 is 34.5 Å². The second-order valence-electron chi connectivity index (χ2n) is 2.53. The summed E-state index contributed by atoms with van der Waals surface area (Å²) in [6.45, 7) is 3.19. The molecule has 0 bridgehead atoms. The van der Waals surface area contributed by atoms with Gasteiger partial charge in [0.25, 0.3) is 0 Å². The normalized spacial score (nSPS) is 13.5. The van der Waals surface area contributed by atoms with Gasteiger partial charge < -0.3 is 9.42 Å². The molecule has 0 spiro atoms. The van der Waals surface area contributed by atoms with Gasteiger partial charge in [0, 0.05) is 6.16 Å². The largest absolute Gasteiger partial charge is 1.00 e. The molecule has 1 atom stereocenters. The molecule has 0 saturated heterocycles. The Morgan fingerprint density at radius 2 is 2.00 bits per heavy atom. The van der Waals surface area contributed by atoms with Crippen molar-refractivity contribution in [1.82, 2.24) is 0 Å². The Balaban J connectivity index is 0.00000169. The zero-order chi connectivity index (χ0) is 9.73. The molecule has 0 saturated carbocycles. The van der Waals surface area contributed by atoms with Gasteiger partial charge in [-0.05, 0) is 5.56 Å². The number of rotatable bonds is 4. The Morgan fingerprint density at radius 3 is 2.50 bits per heavy atom. The van der Waals surface area contributed by atoms with E-state index in [9.17, 15) is 9.46 Å². The first kappa shape index (κ1) is 13.9. The first-order chi connectivity index (χ1) is 6.14. The molecule has 0 aliphatic carbocycles. The average molecular weight is 220 g/mol. The third-order valence-corrected chi connectivity index (χ3v) is 2.68. The van der Waals surface area contributed by atoms with Gasteiger partial charge >= 0.3 is 29.6 Å². The van der Waals surface area contributed by atoms with Crippen molar-refractivity contribution < 1.29 is 43.5 Å². The number of benzene rings is 1.